The Morgan fingerprint density at radius 1 is 1.50 bits per heavy atom. The lowest BCUT2D eigenvalue weighted by molar-refractivity contribution is 0.102. The molecule has 82 valence electrons. The van der Waals surface area contributed by atoms with Gasteiger partial charge in [0, 0.05) is 24.5 Å². The Kier molecular flexibility index (Phi) is 3.14. The maximum Gasteiger partial charge on any atom is 0.213 e. The molecule has 2 heterocycles. The van der Waals surface area contributed by atoms with Crippen molar-refractivity contribution in [1.82, 2.24) is 14.8 Å². The molecule has 0 radical (unpaired) electrons. The first kappa shape index (κ1) is 11.0. The lowest BCUT2D eigenvalue weighted by atomic mass is 10.1. The Morgan fingerprint density at radius 2 is 2.31 bits per heavy atom. The van der Waals surface area contributed by atoms with Crippen LogP contribution >= 0.6 is 15.9 Å². The molecule has 5 heteroatoms. The summed E-state index contributed by atoms with van der Waals surface area (Å²) in [6.45, 7) is 2.60. The number of ketones is 1. The fraction of sp³-hybridized carbons (Fsp3) is 0.182. The molecule has 0 aromatic carbocycles. The first-order chi connectivity index (χ1) is 7.74. The summed E-state index contributed by atoms with van der Waals surface area (Å²) in [6.07, 6.45) is 4.83. The normalized spacial score (nSPS) is 10.4. The van der Waals surface area contributed by atoms with E-state index in [2.05, 4.69) is 26.0 Å². The molecular weight excluding hydrogens is 270 g/mol. The van der Waals surface area contributed by atoms with Crippen LogP contribution in [-0.2, 0) is 6.54 Å². The van der Waals surface area contributed by atoms with Gasteiger partial charge in [0.15, 0.2) is 0 Å². The van der Waals surface area contributed by atoms with Crippen molar-refractivity contribution in [2.75, 3.05) is 0 Å². The number of aryl methyl sites for hydroxylation is 1. The van der Waals surface area contributed by atoms with Gasteiger partial charge in [-0.1, -0.05) is 0 Å². The Labute approximate surface area is 101 Å². The molecule has 0 unspecified atom stereocenters. The molecule has 0 saturated heterocycles. The molecule has 16 heavy (non-hydrogen) atoms. The van der Waals surface area contributed by atoms with Gasteiger partial charge in [0.05, 0.1) is 10.7 Å². The minimum atomic E-state index is -0.0701. The van der Waals surface area contributed by atoms with Gasteiger partial charge in [-0.2, -0.15) is 5.10 Å². The molecule has 4 nitrogen and oxygen atoms in total. The topological polar surface area (TPSA) is 47.8 Å². The summed E-state index contributed by atoms with van der Waals surface area (Å²) in [7, 11) is 0. The number of carbonyl (C=O) groups is 1. The number of pyridine rings is 1. The monoisotopic (exact) mass is 279 g/mol. The second-order valence-electron chi connectivity index (χ2n) is 3.23. The molecule has 0 fully saturated rings. The largest absolute Gasteiger partial charge is 0.287 e. The van der Waals surface area contributed by atoms with E-state index in [1.54, 1.807) is 35.4 Å². The van der Waals surface area contributed by atoms with Gasteiger partial charge in [0.2, 0.25) is 5.78 Å². The zero-order valence-corrected chi connectivity index (χ0v) is 10.3. The lowest BCUT2D eigenvalue weighted by Gasteiger charge is -2.04. The Bertz CT molecular complexity index is 507. The highest BCUT2D eigenvalue weighted by atomic mass is 79.9. The van der Waals surface area contributed by atoms with E-state index in [0.29, 0.717) is 22.3 Å². The van der Waals surface area contributed by atoms with E-state index < -0.39 is 0 Å². The smallest absolute Gasteiger partial charge is 0.213 e. The highest BCUT2D eigenvalue weighted by molar-refractivity contribution is 9.10. The number of aromatic nitrogens is 3. The third kappa shape index (κ3) is 1.90. The quantitative estimate of drug-likeness (QED) is 0.810. The molecule has 0 saturated carbocycles. The lowest BCUT2D eigenvalue weighted by Crippen LogP contribution is -2.11. The van der Waals surface area contributed by atoms with Gasteiger partial charge >= 0.3 is 0 Å². The first-order valence-electron chi connectivity index (χ1n) is 4.90. The standard InChI is InChI=1S/C11H10BrN3O/c1-2-15-10(9(12)7-14-15)11(16)8-4-3-5-13-6-8/h3-7H,2H2,1H3. The van der Waals surface area contributed by atoms with Crippen molar-refractivity contribution in [3.63, 3.8) is 0 Å². The van der Waals surface area contributed by atoms with Crippen LogP contribution in [0.5, 0.6) is 0 Å². The molecule has 0 atom stereocenters. The van der Waals surface area contributed by atoms with Gasteiger partial charge in [0.1, 0.15) is 5.69 Å². The van der Waals surface area contributed by atoms with E-state index in [1.165, 1.54) is 0 Å². The van der Waals surface area contributed by atoms with Crippen LogP contribution < -0.4 is 0 Å². The maximum atomic E-state index is 12.2. The minimum absolute atomic E-state index is 0.0701. The molecule has 0 aliphatic carbocycles. The molecular formula is C11H10BrN3O. The second kappa shape index (κ2) is 4.57. The van der Waals surface area contributed by atoms with Crippen LogP contribution in [0.2, 0.25) is 0 Å². The van der Waals surface area contributed by atoms with E-state index in [1.807, 2.05) is 6.92 Å². The number of rotatable bonds is 3. The van der Waals surface area contributed by atoms with Crippen molar-refractivity contribution in [3.05, 3.63) is 46.5 Å². The molecule has 0 spiro atoms. The van der Waals surface area contributed by atoms with Crippen molar-refractivity contribution >= 4 is 21.7 Å². The average Bonchev–Trinajstić information content (AvgIpc) is 2.70. The SMILES string of the molecule is CCn1ncc(Br)c1C(=O)c1cccnc1. The van der Waals surface area contributed by atoms with E-state index in [4.69, 9.17) is 0 Å². The highest BCUT2D eigenvalue weighted by Crippen LogP contribution is 2.19. The summed E-state index contributed by atoms with van der Waals surface area (Å²) in [5.74, 6) is -0.0701. The predicted octanol–water partition coefficient (Wildman–Crippen LogP) is 2.29. The van der Waals surface area contributed by atoms with Crippen LogP contribution in [0.25, 0.3) is 0 Å². The van der Waals surface area contributed by atoms with Crippen LogP contribution in [0.3, 0.4) is 0 Å². The predicted molar refractivity (Wildman–Crippen MR) is 63.3 cm³/mol. The van der Waals surface area contributed by atoms with E-state index >= 15 is 0 Å². The Hall–Kier alpha value is -1.49. The molecule has 0 N–H and O–H groups in total. The number of hydrogen-bond donors (Lipinski definition) is 0. The molecule has 0 aliphatic heterocycles. The molecule has 2 aromatic heterocycles. The fourth-order valence-corrected chi connectivity index (χ4v) is 1.94. The van der Waals surface area contributed by atoms with Crippen molar-refractivity contribution in [2.24, 2.45) is 0 Å². The van der Waals surface area contributed by atoms with E-state index in [0.717, 1.165) is 0 Å². The molecule has 0 aliphatic rings. The number of nitrogens with zero attached hydrogens (tertiary/aromatic N) is 3. The number of halogens is 1. The van der Waals surface area contributed by atoms with Gasteiger partial charge in [-0.3, -0.25) is 14.5 Å². The molecule has 0 bridgehead atoms. The number of carbonyl (C=O) groups excluding carboxylic acids is 1. The minimum Gasteiger partial charge on any atom is -0.287 e. The van der Waals surface area contributed by atoms with Gasteiger partial charge in [-0.25, -0.2) is 0 Å². The molecule has 2 rings (SSSR count). The van der Waals surface area contributed by atoms with Gasteiger partial charge in [-0.15, -0.1) is 0 Å². The van der Waals surface area contributed by atoms with Gasteiger partial charge < -0.3 is 0 Å². The zero-order valence-electron chi connectivity index (χ0n) is 8.72. The molecule has 0 amide bonds. The van der Waals surface area contributed by atoms with Gasteiger partial charge in [-0.05, 0) is 35.0 Å². The third-order valence-electron chi connectivity index (χ3n) is 2.23. The summed E-state index contributed by atoms with van der Waals surface area (Å²) in [4.78, 5) is 16.1. The summed E-state index contributed by atoms with van der Waals surface area (Å²) in [5, 5.41) is 4.11. The Morgan fingerprint density at radius 3 is 2.94 bits per heavy atom. The first-order valence-corrected chi connectivity index (χ1v) is 5.69. The Balaban J connectivity index is 2.45. The summed E-state index contributed by atoms with van der Waals surface area (Å²) < 4.78 is 2.38. The van der Waals surface area contributed by atoms with Crippen molar-refractivity contribution in [1.29, 1.82) is 0 Å². The van der Waals surface area contributed by atoms with Crippen LogP contribution in [0, 0.1) is 0 Å². The summed E-state index contributed by atoms with van der Waals surface area (Å²) in [6, 6.07) is 3.49. The summed E-state index contributed by atoms with van der Waals surface area (Å²) in [5.41, 5.74) is 1.13. The van der Waals surface area contributed by atoms with Crippen LogP contribution in [0.4, 0.5) is 0 Å². The average molecular weight is 280 g/mol. The third-order valence-corrected chi connectivity index (χ3v) is 2.81. The molecule has 2 aromatic rings. The van der Waals surface area contributed by atoms with Crippen molar-refractivity contribution in [2.45, 2.75) is 13.5 Å². The summed E-state index contributed by atoms with van der Waals surface area (Å²) >= 11 is 3.33. The fourth-order valence-electron chi connectivity index (χ4n) is 1.46. The second-order valence-corrected chi connectivity index (χ2v) is 4.08. The maximum absolute atomic E-state index is 12.2. The van der Waals surface area contributed by atoms with Crippen molar-refractivity contribution in [3.8, 4) is 0 Å². The van der Waals surface area contributed by atoms with Crippen molar-refractivity contribution < 1.29 is 4.79 Å². The van der Waals surface area contributed by atoms with Crippen LogP contribution in [0.15, 0.2) is 35.2 Å². The highest BCUT2D eigenvalue weighted by Gasteiger charge is 2.17. The zero-order chi connectivity index (χ0) is 11.5. The number of hydrogen-bond acceptors (Lipinski definition) is 3. The van der Waals surface area contributed by atoms with Crippen LogP contribution in [-0.4, -0.2) is 20.5 Å². The van der Waals surface area contributed by atoms with E-state index in [-0.39, 0.29) is 5.78 Å². The van der Waals surface area contributed by atoms with E-state index in [9.17, 15) is 4.79 Å². The van der Waals surface area contributed by atoms with Gasteiger partial charge in [0.25, 0.3) is 0 Å². The van der Waals surface area contributed by atoms with Crippen LogP contribution in [0.1, 0.15) is 23.0 Å².